The number of carbonyl (C=O) groups excluding carboxylic acids is 1. The Balaban J connectivity index is 4.27. The lowest BCUT2D eigenvalue weighted by molar-refractivity contribution is -0.870. The number of esters is 1. The van der Waals surface area contributed by atoms with Gasteiger partial charge in [-0.2, -0.15) is 0 Å². The second kappa shape index (κ2) is 33.8. The molecule has 0 amide bonds. The lowest BCUT2D eigenvalue weighted by atomic mass is 10.1. The van der Waals surface area contributed by atoms with Gasteiger partial charge < -0.3 is 27.9 Å². The summed E-state index contributed by atoms with van der Waals surface area (Å²) in [5, 5.41) is 0. The Kier molecular flexibility index (Phi) is 33.0. The Morgan fingerprint density at radius 1 is 0.653 bits per heavy atom. The average Bonchev–Trinajstić information content (AvgIpc) is 3.04. The maximum atomic E-state index is 12.6. The van der Waals surface area contributed by atoms with Crippen LogP contribution < -0.4 is 4.89 Å². The molecule has 9 heteroatoms. The van der Waals surface area contributed by atoms with E-state index < -0.39 is 13.9 Å². The van der Waals surface area contributed by atoms with Crippen LogP contribution in [0.5, 0.6) is 0 Å². The minimum atomic E-state index is -4.52. The van der Waals surface area contributed by atoms with E-state index in [2.05, 4.69) is 50.3 Å². The summed E-state index contributed by atoms with van der Waals surface area (Å²) in [6.07, 6.45) is 37.2. The molecule has 288 valence electrons. The van der Waals surface area contributed by atoms with Crippen LogP contribution in [-0.2, 0) is 27.9 Å². The number of hydrogen-bond donors (Lipinski definition) is 0. The van der Waals surface area contributed by atoms with Crippen molar-refractivity contribution in [1.29, 1.82) is 0 Å². The summed E-state index contributed by atoms with van der Waals surface area (Å²) in [5.74, 6) is -0.345. The third-order valence-corrected chi connectivity index (χ3v) is 9.17. The molecule has 0 spiro atoms. The SMILES string of the molecule is CC/C=C\C/C=C\C/C=C\CCCCCCCCCC(=O)OC(COCCCCCCCCCCCC)COP(=O)([O-])OCC[N+](C)(C)C. The van der Waals surface area contributed by atoms with E-state index in [4.69, 9.17) is 18.5 Å². The summed E-state index contributed by atoms with van der Waals surface area (Å²) in [5.41, 5.74) is 0. The van der Waals surface area contributed by atoms with Crippen molar-refractivity contribution >= 4 is 13.8 Å². The third-order valence-electron chi connectivity index (χ3n) is 8.21. The maximum absolute atomic E-state index is 12.6. The molecule has 0 saturated carbocycles. The van der Waals surface area contributed by atoms with Crippen molar-refractivity contribution in [3.8, 4) is 0 Å². The number of quaternary nitrogens is 1. The van der Waals surface area contributed by atoms with E-state index in [1.165, 1.54) is 77.0 Å². The molecule has 8 nitrogen and oxygen atoms in total. The van der Waals surface area contributed by atoms with Crippen LogP contribution in [0, 0.1) is 0 Å². The normalized spacial score (nSPS) is 14.3. The molecule has 0 radical (unpaired) electrons. The zero-order valence-corrected chi connectivity index (χ0v) is 33.3. The van der Waals surface area contributed by atoms with Crippen LogP contribution in [0.3, 0.4) is 0 Å². The van der Waals surface area contributed by atoms with E-state index in [0.717, 1.165) is 57.8 Å². The fraction of sp³-hybridized carbons (Fsp3) is 0.825. The molecule has 0 aromatic heterocycles. The molecule has 2 unspecified atom stereocenters. The average molecular weight is 714 g/mol. The van der Waals surface area contributed by atoms with Crippen LogP contribution in [0.4, 0.5) is 0 Å². The monoisotopic (exact) mass is 714 g/mol. The summed E-state index contributed by atoms with van der Waals surface area (Å²) < 4.78 is 34.4. The smallest absolute Gasteiger partial charge is 0.306 e. The number of nitrogens with zero attached hydrogens (tertiary/aromatic N) is 1. The minimum absolute atomic E-state index is 0.0243. The van der Waals surface area contributed by atoms with Crippen LogP contribution in [-0.4, -0.2) is 70.7 Å². The Hall–Kier alpha value is -1.28. The number of likely N-dealkylation sites (N-methyl/N-ethyl adjacent to an activating group) is 1. The van der Waals surface area contributed by atoms with Crippen LogP contribution in [0.25, 0.3) is 0 Å². The Labute approximate surface area is 302 Å². The van der Waals surface area contributed by atoms with Gasteiger partial charge in [0.25, 0.3) is 7.82 Å². The highest BCUT2D eigenvalue weighted by molar-refractivity contribution is 7.45. The largest absolute Gasteiger partial charge is 0.756 e. The summed E-state index contributed by atoms with van der Waals surface area (Å²) in [6.45, 7) is 5.28. The summed E-state index contributed by atoms with van der Waals surface area (Å²) >= 11 is 0. The molecule has 0 fully saturated rings. The number of allylic oxidation sites excluding steroid dienone is 6. The van der Waals surface area contributed by atoms with Gasteiger partial charge in [-0.1, -0.05) is 140 Å². The lowest BCUT2D eigenvalue weighted by Gasteiger charge is -2.28. The number of rotatable bonds is 36. The van der Waals surface area contributed by atoms with Gasteiger partial charge in [0.2, 0.25) is 0 Å². The van der Waals surface area contributed by atoms with Crippen molar-refractivity contribution < 1.29 is 37.3 Å². The number of phosphoric ester groups is 1. The van der Waals surface area contributed by atoms with Gasteiger partial charge >= 0.3 is 5.97 Å². The van der Waals surface area contributed by atoms with Gasteiger partial charge in [-0.3, -0.25) is 9.36 Å². The quantitative estimate of drug-likeness (QED) is 0.0210. The zero-order chi connectivity index (χ0) is 36.3. The van der Waals surface area contributed by atoms with Crippen LogP contribution >= 0.6 is 7.82 Å². The highest BCUT2D eigenvalue weighted by atomic mass is 31.2. The first-order valence-corrected chi connectivity index (χ1v) is 21.2. The molecule has 0 aliphatic heterocycles. The summed E-state index contributed by atoms with van der Waals surface area (Å²) in [4.78, 5) is 24.9. The van der Waals surface area contributed by atoms with Gasteiger partial charge in [-0.25, -0.2) is 0 Å². The van der Waals surface area contributed by atoms with E-state index in [1.54, 1.807) is 0 Å². The van der Waals surface area contributed by atoms with Crippen molar-refractivity contribution in [1.82, 2.24) is 0 Å². The number of ether oxygens (including phenoxy) is 2. The van der Waals surface area contributed by atoms with Gasteiger partial charge in [-0.05, 0) is 44.9 Å². The Morgan fingerprint density at radius 3 is 1.78 bits per heavy atom. The number of carbonyl (C=O) groups is 1. The van der Waals surface area contributed by atoms with E-state index in [0.29, 0.717) is 24.1 Å². The molecule has 0 aliphatic rings. The fourth-order valence-corrected chi connectivity index (χ4v) is 5.88. The van der Waals surface area contributed by atoms with Gasteiger partial charge in [0.1, 0.15) is 19.3 Å². The minimum Gasteiger partial charge on any atom is -0.756 e. The van der Waals surface area contributed by atoms with E-state index >= 15 is 0 Å². The molecule has 0 aromatic carbocycles. The Bertz CT molecular complexity index is 884. The Morgan fingerprint density at radius 2 is 1.18 bits per heavy atom. The first-order valence-electron chi connectivity index (χ1n) is 19.7. The maximum Gasteiger partial charge on any atom is 0.306 e. The third kappa shape index (κ3) is 37.8. The summed E-state index contributed by atoms with van der Waals surface area (Å²) in [6, 6.07) is 0. The van der Waals surface area contributed by atoms with Crippen molar-refractivity contribution in [2.75, 3.05) is 54.1 Å². The molecular formula is C40H76NO7P. The molecular weight excluding hydrogens is 637 g/mol. The highest BCUT2D eigenvalue weighted by Gasteiger charge is 2.20. The standard InChI is InChI=1S/C40H76NO7P/c1-6-8-10-12-14-16-18-19-20-21-22-23-24-25-27-29-31-33-40(42)48-39(38-47-49(43,44)46-36-34-41(3,4)5)37-45-35-32-30-28-26-17-15-13-11-9-7-2/h8,10,14,16,19-20,39H,6-7,9,11-13,15,17-18,21-38H2,1-5H3/b10-8-,16-14-,20-19-. The van der Waals surface area contributed by atoms with Crippen molar-refractivity contribution in [3.05, 3.63) is 36.5 Å². The van der Waals surface area contributed by atoms with Gasteiger partial charge in [0.05, 0.1) is 34.4 Å². The van der Waals surface area contributed by atoms with Crippen molar-refractivity contribution in [3.63, 3.8) is 0 Å². The molecule has 2 atom stereocenters. The molecule has 0 heterocycles. The predicted molar refractivity (Wildman–Crippen MR) is 203 cm³/mol. The highest BCUT2D eigenvalue weighted by Crippen LogP contribution is 2.38. The predicted octanol–water partition coefficient (Wildman–Crippen LogP) is 10.4. The number of phosphoric acid groups is 1. The summed E-state index contributed by atoms with van der Waals surface area (Å²) in [7, 11) is 1.35. The molecule has 0 saturated heterocycles. The van der Waals surface area contributed by atoms with Crippen LogP contribution in [0.15, 0.2) is 36.5 Å². The first kappa shape index (κ1) is 47.7. The molecule has 0 aliphatic carbocycles. The second-order valence-corrected chi connectivity index (χ2v) is 15.7. The molecule has 0 aromatic rings. The lowest BCUT2D eigenvalue weighted by Crippen LogP contribution is -2.37. The van der Waals surface area contributed by atoms with Crippen molar-refractivity contribution in [2.24, 2.45) is 0 Å². The zero-order valence-electron chi connectivity index (χ0n) is 32.4. The van der Waals surface area contributed by atoms with E-state index in [-0.39, 0.29) is 25.8 Å². The van der Waals surface area contributed by atoms with Gasteiger partial charge in [-0.15, -0.1) is 0 Å². The first-order chi connectivity index (χ1) is 23.6. The molecule has 49 heavy (non-hydrogen) atoms. The fourth-order valence-electron chi connectivity index (χ4n) is 5.15. The van der Waals surface area contributed by atoms with E-state index in [1.807, 2.05) is 21.1 Å². The van der Waals surface area contributed by atoms with E-state index in [9.17, 15) is 14.3 Å². The second-order valence-electron chi connectivity index (χ2n) is 14.3. The number of hydrogen-bond acceptors (Lipinski definition) is 7. The molecule has 0 N–H and O–H groups in total. The molecule has 0 bridgehead atoms. The van der Waals surface area contributed by atoms with Gasteiger partial charge in [0.15, 0.2) is 0 Å². The van der Waals surface area contributed by atoms with Crippen LogP contribution in [0.1, 0.15) is 155 Å². The molecule has 0 rings (SSSR count). The van der Waals surface area contributed by atoms with Crippen LogP contribution in [0.2, 0.25) is 0 Å². The van der Waals surface area contributed by atoms with Gasteiger partial charge in [0, 0.05) is 13.0 Å². The van der Waals surface area contributed by atoms with Crippen molar-refractivity contribution in [2.45, 2.75) is 161 Å². The number of unbranched alkanes of at least 4 members (excludes halogenated alkanes) is 16. The topological polar surface area (TPSA) is 94.1 Å².